The van der Waals surface area contributed by atoms with Gasteiger partial charge in [0.05, 0.1) is 18.4 Å². The largest absolute Gasteiger partial charge is 0.461 e. The van der Waals surface area contributed by atoms with Crippen LogP contribution in [0.1, 0.15) is 18.9 Å². The molecule has 1 aromatic rings. The van der Waals surface area contributed by atoms with Crippen molar-refractivity contribution in [3.8, 4) is 6.07 Å². The summed E-state index contributed by atoms with van der Waals surface area (Å²) in [7, 11) is 0. The van der Waals surface area contributed by atoms with E-state index in [1.54, 1.807) is 25.1 Å². The minimum atomic E-state index is -0.489. The van der Waals surface area contributed by atoms with Crippen LogP contribution in [0, 0.1) is 23.1 Å². The number of halogens is 1. The van der Waals surface area contributed by atoms with Crippen molar-refractivity contribution in [2.24, 2.45) is 5.92 Å². The van der Waals surface area contributed by atoms with Gasteiger partial charge in [0.15, 0.2) is 0 Å². The lowest BCUT2D eigenvalue weighted by atomic mass is 10.1. The number of rotatable bonds is 4. The Bertz CT molecular complexity index is 412. The maximum absolute atomic E-state index is 13.1. The van der Waals surface area contributed by atoms with Crippen LogP contribution in [0.3, 0.4) is 0 Å². The summed E-state index contributed by atoms with van der Waals surface area (Å²) in [5.41, 5.74) is 0.334. The topological polar surface area (TPSA) is 50.1 Å². The predicted octanol–water partition coefficient (Wildman–Crippen LogP) is 2.42. The van der Waals surface area contributed by atoms with E-state index in [0.29, 0.717) is 5.56 Å². The smallest absolute Gasteiger partial charge is 0.307 e. The van der Waals surface area contributed by atoms with Gasteiger partial charge in [0.25, 0.3) is 0 Å². The number of carbonyl (C=O) groups is 1. The van der Waals surface area contributed by atoms with Gasteiger partial charge in [0, 0.05) is 5.56 Å². The second kappa shape index (κ2) is 5.86. The Morgan fingerprint density at radius 3 is 2.88 bits per heavy atom. The van der Waals surface area contributed by atoms with E-state index in [0.717, 1.165) is 0 Å². The first kappa shape index (κ1) is 12.2. The number of carbonyl (C=O) groups excluding carboxylic acids is 1. The average Bonchev–Trinajstić information content (AvgIpc) is 2.28. The quantitative estimate of drug-likeness (QED) is 0.733. The van der Waals surface area contributed by atoms with E-state index in [1.165, 1.54) is 6.07 Å². The second-order valence-corrected chi connectivity index (χ2v) is 3.49. The van der Waals surface area contributed by atoms with Gasteiger partial charge in [0.2, 0.25) is 0 Å². The fourth-order valence-electron chi connectivity index (χ4n) is 1.13. The van der Waals surface area contributed by atoms with Gasteiger partial charge in [-0.1, -0.05) is 18.2 Å². The molecule has 0 spiro atoms. The number of hydrogen-bond acceptors (Lipinski definition) is 3. The second-order valence-electron chi connectivity index (χ2n) is 3.49. The van der Waals surface area contributed by atoms with Crippen LogP contribution in [0.2, 0.25) is 0 Å². The minimum absolute atomic E-state index is 0.0327. The Balaban J connectivity index is 2.44. The van der Waals surface area contributed by atoms with Crippen molar-refractivity contribution in [1.29, 1.82) is 5.26 Å². The monoisotopic (exact) mass is 221 g/mol. The predicted molar refractivity (Wildman–Crippen MR) is 55.6 cm³/mol. The highest BCUT2D eigenvalue weighted by atomic mass is 19.1. The summed E-state index contributed by atoms with van der Waals surface area (Å²) in [6, 6.07) is 8.03. The van der Waals surface area contributed by atoms with Crippen LogP contribution < -0.4 is 0 Å². The molecule has 0 aromatic heterocycles. The Hall–Kier alpha value is -1.89. The molecule has 84 valence electrons. The Labute approximate surface area is 93.5 Å². The van der Waals surface area contributed by atoms with Crippen molar-refractivity contribution < 1.29 is 13.9 Å². The van der Waals surface area contributed by atoms with E-state index in [2.05, 4.69) is 0 Å². The lowest BCUT2D eigenvalue weighted by Gasteiger charge is -2.06. The third kappa shape index (κ3) is 3.70. The number of ether oxygens (including phenoxy) is 1. The van der Waals surface area contributed by atoms with Gasteiger partial charge in [-0.2, -0.15) is 5.26 Å². The van der Waals surface area contributed by atoms with Gasteiger partial charge in [-0.3, -0.25) is 4.79 Å². The van der Waals surface area contributed by atoms with Crippen LogP contribution in [0.15, 0.2) is 24.3 Å². The summed E-state index contributed by atoms with van der Waals surface area (Å²) in [6.07, 6.45) is 0.0327. The molecule has 0 N–H and O–H groups in total. The number of hydrogen-bond donors (Lipinski definition) is 0. The van der Waals surface area contributed by atoms with Crippen LogP contribution in [-0.4, -0.2) is 5.97 Å². The zero-order chi connectivity index (χ0) is 12.0. The lowest BCUT2D eigenvalue weighted by molar-refractivity contribution is -0.145. The molecule has 16 heavy (non-hydrogen) atoms. The average molecular weight is 221 g/mol. The molecule has 1 aromatic carbocycles. The van der Waals surface area contributed by atoms with E-state index in [9.17, 15) is 9.18 Å². The Morgan fingerprint density at radius 2 is 2.25 bits per heavy atom. The summed E-state index contributed by atoms with van der Waals surface area (Å²) < 4.78 is 18.0. The third-order valence-electron chi connectivity index (χ3n) is 2.04. The van der Waals surface area contributed by atoms with E-state index in [4.69, 9.17) is 10.00 Å². The molecular weight excluding hydrogens is 209 g/mol. The summed E-state index contributed by atoms with van der Waals surface area (Å²) in [6.45, 7) is 1.54. The molecular formula is C12H12FNO2. The molecule has 0 amide bonds. The van der Waals surface area contributed by atoms with Crippen molar-refractivity contribution in [2.75, 3.05) is 0 Å². The molecule has 0 radical (unpaired) electrons. The van der Waals surface area contributed by atoms with Crippen LogP contribution >= 0.6 is 0 Å². The molecule has 1 unspecified atom stereocenters. The SMILES string of the molecule is CC(C#N)CC(=O)OCc1ccccc1F. The Kier molecular flexibility index (Phi) is 4.46. The van der Waals surface area contributed by atoms with Crippen molar-refractivity contribution >= 4 is 5.97 Å². The molecule has 0 saturated heterocycles. The highest BCUT2D eigenvalue weighted by Gasteiger charge is 2.10. The summed E-state index contributed by atoms with van der Waals surface area (Å²) in [5, 5.41) is 8.50. The van der Waals surface area contributed by atoms with E-state index < -0.39 is 11.8 Å². The lowest BCUT2D eigenvalue weighted by Crippen LogP contribution is -2.09. The fraction of sp³-hybridized carbons (Fsp3) is 0.333. The maximum Gasteiger partial charge on any atom is 0.307 e. The van der Waals surface area contributed by atoms with Gasteiger partial charge in [-0.25, -0.2) is 4.39 Å². The number of nitriles is 1. The molecule has 0 aliphatic heterocycles. The van der Waals surface area contributed by atoms with Crippen LogP contribution in [0.25, 0.3) is 0 Å². The Morgan fingerprint density at radius 1 is 1.56 bits per heavy atom. The van der Waals surface area contributed by atoms with Gasteiger partial charge in [0.1, 0.15) is 12.4 Å². The first-order chi connectivity index (χ1) is 7.63. The minimum Gasteiger partial charge on any atom is -0.461 e. The summed E-state index contributed by atoms with van der Waals surface area (Å²) in [5.74, 6) is -1.27. The first-order valence-corrected chi connectivity index (χ1v) is 4.92. The molecule has 0 fully saturated rings. The van der Waals surface area contributed by atoms with E-state index in [-0.39, 0.29) is 18.9 Å². The highest BCUT2D eigenvalue weighted by molar-refractivity contribution is 5.70. The van der Waals surface area contributed by atoms with Gasteiger partial charge in [-0.15, -0.1) is 0 Å². The van der Waals surface area contributed by atoms with Crippen LogP contribution in [-0.2, 0) is 16.1 Å². The molecule has 1 atom stereocenters. The summed E-state index contributed by atoms with van der Waals surface area (Å²) in [4.78, 5) is 11.2. The number of esters is 1. The van der Waals surface area contributed by atoms with Crippen LogP contribution in [0.5, 0.6) is 0 Å². The van der Waals surface area contributed by atoms with E-state index in [1.807, 2.05) is 6.07 Å². The van der Waals surface area contributed by atoms with Crippen LogP contribution in [0.4, 0.5) is 4.39 Å². The molecule has 3 nitrogen and oxygen atoms in total. The number of benzene rings is 1. The highest BCUT2D eigenvalue weighted by Crippen LogP contribution is 2.09. The molecule has 1 rings (SSSR count). The summed E-state index contributed by atoms with van der Waals surface area (Å²) >= 11 is 0. The maximum atomic E-state index is 13.1. The first-order valence-electron chi connectivity index (χ1n) is 4.92. The van der Waals surface area contributed by atoms with Gasteiger partial charge >= 0.3 is 5.97 Å². The van der Waals surface area contributed by atoms with Crippen molar-refractivity contribution in [3.05, 3.63) is 35.6 Å². The zero-order valence-electron chi connectivity index (χ0n) is 8.94. The molecule has 4 heteroatoms. The fourth-order valence-corrected chi connectivity index (χ4v) is 1.13. The van der Waals surface area contributed by atoms with Gasteiger partial charge < -0.3 is 4.74 Å². The molecule has 0 saturated carbocycles. The van der Waals surface area contributed by atoms with Gasteiger partial charge in [-0.05, 0) is 13.0 Å². The standard InChI is InChI=1S/C12H12FNO2/c1-9(7-14)6-12(15)16-8-10-4-2-3-5-11(10)13/h2-5,9H,6,8H2,1H3. The molecule has 0 heterocycles. The normalized spacial score (nSPS) is 11.6. The molecule has 0 bridgehead atoms. The zero-order valence-corrected chi connectivity index (χ0v) is 8.94. The van der Waals surface area contributed by atoms with Crippen molar-refractivity contribution in [2.45, 2.75) is 20.0 Å². The molecule has 0 aliphatic rings. The van der Waals surface area contributed by atoms with Crippen molar-refractivity contribution in [3.63, 3.8) is 0 Å². The molecule has 0 aliphatic carbocycles. The van der Waals surface area contributed by atoms with Crippen molar-refractivity contribution in [1.82, 2.24) is 0 Å². The van der Waals surface area contributed by atoms with E-state index >= 15 is 0 Å². The number of nitrogens with zero attached hydrogens (tertiary/aromatic N) is 1. The third-order valence-corrected chi connectivity index (χ3v) is 2.04.